The molecule has 148 valence electrons. The molecular formula is C25H26N2O2. The van der Waals surface area contributed by atoms with Crippen LogP contribution >= 0.6 is 0 Å². The van der Waals surface area contributed by atoms with Gasteiger partial charge in [0.2, 0.25) is 0 Å². The number of anilines is 1. The zero-order valence-corrected chi connectivity index (χ0v) is 16.8. The monoisotopic (exact) mass is 386 g/mol. The lowest BCUT2D eigenvalue weighted by Gasteiger charge is -2.23. The lowest BCUT2D eigenvalue weighted by Crippen LogP contribution is -2.39. The first-order chi connectivity index (χ1) is 14.0. The molecule has 3 aromatic carbocycles. The molecule has 4 heteroatoms. The van der Waals surface area contributed by atoms with E-state index >= 15 is 0 Å². The van der Waals surface area contributed by atoms with Crippen LogP contribution in [0.25, 0.3) is 0 Å². The highest BCUT2D eigenvalue weighted by Crippen LogP contribution is 2.23. The van der Waals surface area contributed by atoms with Crippen molar-refractivity contribution in [3.8, 4) is 0 Å². The number of hydrogen-bond donors (Lipinski definition) is 1. The number of rotatable bonds is 6. The third-order valence-electron chi connectivity index (χ3n) is 4.74. The van der Waals surface area contributed by atoms with E-state index in [1.165, 1.54) is 0 Å². The standard InChI is InChI=1S/C25H26N2O2/c1-19(2)22-15-9-10-16-23(22)26-24(28)25(29)27(17-20-11-5-3-6-12-20)18-21-13-7-4-8-14-21/h3-16,19H,17-18H2,1-2H3,(H,26,28). The summed E-state index contributed by atoms with van der Waals surface area (Å²) in [5.41, 5.74) is 3.64. The Kier molecular flexibility index (Phi) is 6.80. The molecular weight excluding hydrogens is 360 g/mol. The highest BCUT2D eigenvalue weighted by atomic mass is 16.2. The van der Waals surface area contributed by atoms with Crippen molar-refractivity contribution in [3.05, 3.63) is 102 Å². The summed E-state index contributed by atoms with van der Waals surface area (Å²) in [6.07, 6.45) is 0. The third kappa shape index (κ3) is 5.55. The number of hydrogen-bond acceptors (Lipinski definition) is 2. The molecule has 4 nitrogen and oxygen atoms in total. The number of amides is 2. The molecule has 3 aromatic rings. The number of benzene rings is 3. The van der Waals surface area contributed by atoms with Gasteiger partial charge in [0.1, 0.15) is 0 Å². The second kappa shape index (κ2) is 9.69. The lowest BCUT2D eigenvalue weighted by molar-refractivity contribution is -0.144. The largest absolute Gasteiger partial charge is 0.326 e. The minimum atomic E-state index is -0.620. The fraction of sp³-hybridized carbons (Fsp3) is 0.200. The summed E-state index contributed by atoms with van der Waals surface area (Å²) in [4.78, 5) is 27.4. The maximum Gasteiger partial charge on any atom is 0.313 e. The second-order valence-electron chi connectivity index (χ2n) is 7.33. The summed E-state index contributed by atoms with van der Waals surface area (Å²) in [6.45, 7) is 4.86. The molecule has 0 aliphatic carbocycles. The molecule has 0 aromatic heterocycles. The summed E-state index contributed by atoms with van der Waals surface area (Å²) in [5, 5.41) is 2.81. The minimum Gasteiger partial charge on any atom is -0.326 e. The van der Waals surface area contributed by atoms with E-state index < -0.39 is 11.8 Å². The van der Waals surface area contributed by atoms with Gasteiger partial charge in [-0.3, -0.25) is 9.59 Å². The second-order valence-corrected chi connectivity index (χ2v) is 7.33. The summed E-state index contributed by atoms with van der Waals surface area (Å²) >= 11 is 0. The van der Waals surface area contributed by atoms with Gasteiger partial charge < -0.3 is 10.2 Å². The van der Waals surface area contributed by atoms with E-state index in [1.54, 1.807) is 4.90 Å². The molecule has 29 heavy (non-hydrogen) atoms. The molecule has 0 atom stereocenters. The molecule has 0 unspecified atom stereocenters. The van der Waals surface area contributed by atoms with Crippen molar-refractivity contribution in [1.29, 1.82) is 0 Å². The van der Waals surface area contributed by atoms with Crippen molar-refractivity contribution in [2.75, 3.05) is 5.32 Å². The molecule has 0 spiro atoms. The van der Waals surface area contributed by atoms with Gasteiger partial charge in [0.15, 0.2) is 0 Å². The number of nitrogens with zero attached hydrogens (tertiary/aromatic N) is 1. The first kappa shape index (κ1) is 20.3. The predicted molar refractivity (Wildman–Crippen MR) is 116 cm³/mol. The van der Waals surface area contributed by atoms with Gasteiger partial charge in [-0.05, 0) is 28.7 Å². The number of carbonyl (C=O) groups is 2. The van der Waals surface area contributed by atoms with Gasteiger partial charge in [0.25, 0.3) is 0 Å². The van der Waals surface area contributed by atoms with Crippen LogP contribution in [0.5, 0.6) is 0 Å². The SMILES string of the molecule is CC(C)c1ccccc1NC(=O)C(=O)N(Cc1ccccc1)Cc1ccccc1. The van der Waals surface area contributed by atoms with Crippen LogP contribution in [0, 0.1) is 0 Å². The summed E-state index contributed by atoms with van der Waals surface area (Å²) in [6, 6.07) is 27.0. The smallest absolute Gasteiger partial charge is 0.313 e. The van der Waals surface area contributed by atoms with Crippen LogP contribution in [0.2, 0.25) is 0 Å². The Morgan fingerprint density at radius 2 is 1.24 bits per heavy atom. The Labute approximate surface area is 172 Å². The van der Waals surface area contributed by atoms with Crippen LogP contribution < -0.4 is 5.32 Å². The minimum absolute atomic E-state index is 0.242. The van der Waals surface area contributed by atoms with Crippen molar-refractivity contribution in [1.82, 2.24) is 4.90 Å². The molecule has 0 fully saturated rings. The maximum atomic E-state index is 13.1. The molecule has 0 saturated heterocycles. The van der Waals surface area contributed by atoms with Crippen molar-refractivity contribution in [2.24, 2.45) is 0 Å². The van der Waals surface area contributed by atoms with E-state index in [9.17, 15) is 9.59 Å². The van der Waals surface area contributed by atoms with Crippen molar-refractivity contribution in [3.63, 3.8) is 0 Å². The summed E-state index contributed by atoms with van der Waals surface area (Å²) in [7, 11) is 0. The van der Waals surface area contributed by atoms with E-state index in [2.05, 4.69) is 19.2 Å². The fourth-order valence-corrected chi connectivity index (χ4v) is 3.24. The topological polar surface area (TPSA) is 49.4 Å². The van der Waals surface area contributed by atoms with Crippen LogP contribution in [0.4, 0.5) is 5.69 Å². The Bertz CT molecular complexity index is 911. The van der Waals surface area contributed by atoms with Gasteiger partial charge >= 0.3 is 11.8 Å². The maximum absolute atomic E-state index is 13.1. The van der Waals surface area contributed by atoms with Crippen molar-refractivity contribution in [2.45, 2.75) is 32.9 Å². The molecule has 0 bridgehead atoms. The fourth-order valence-electron chi connectivity index (χ4n) is 3.24. The van der Waals surface area contributed by atoms with Crippen LogP contribution in [0.15, 0.2) is 84.9 Å². The molecule has 0 saturated carbocycles. The molecule has 0 heterocycles. The molecule has 0 aliphatic heterocycles. The van der Waals surface area contributed by atoms with E-state index in [4.69, 9.17) is 0 Å². The first-order valence-electron chi connectivity index (χ1n) is 9.81. The Balaban J connectivity index is 1.80. The molecule has 1 N–H and O–H groups in total. The summed E-state index contributed by atoms with van der Waals surface area (Å²) < 4.78 is 0. The normalized spacial score (nSPS) is 10.6. The molecule has 3 rings (SSSR count). The molecule has 2 amide bonds. The number of carbonyl (C=O) groups excluding carboxylic acids is 2. The van der Waals surface area contributed by atoms with Crippen LogP contribution in [-0.4, -0.2) is 16.7 Å². The molecule has 0 aliphatic rings. The zero-order chi connectivity index (χ0) is 20.6. The quantitative estimate of drug-likeness (QED) is 0.608. The van der Waals surface area contributed by atoms with Gasteiger partial charge in [-0.1, -0.05) is 92.7 Å². The highest BCUT2D eigenvalue weighted by Gasteiger charge is 2.23. The van der Waals surface area contributed by atoms with E-state index in [0.29, 0.717) is 18.8 Å². The Morgan fingerprint density at radius 1 is 0.759 bits per heavy atom. The van der Waals surface area contributed by atoms with Gasteiger partial charge in [-0.2, -0.15) is 0 Å². The number of para-hydroxylation sites is 1. The van der Waals surface area contributed by atoms with Gasteiger partial charge in [-0.15, -0.1) is 0 Å². The van der Waals surface area contributed by atoms with Crippen LogP contribution in [-0.2, 0) is 22.7 Å². The number of nitrogens with one attached hydrogen (secondary N) is 1. The molecule has 0 radical (unpaired) electrons. The predicted octanol–water partition coefficient (Wildman–Crippen LogP) is 4.98. The van der Waals surface area contributed by atoms with E-state index in [1.807, 2.05) is 84.9 Å². The zero-order valence-electron chi connectivity index (χ0n) is 16.8. The average molecular weight is 386 g/mol. The Hall–Kier alpha value is -3.40. The van der Waals surface area contributed by atoms with Gasteiger partial charge in [-0.25, -0.2) is 0 Å². The van der Waals surface area contributed by atoms with Crippen LogP contribution in [0.3, 0.4) is 0 Å². The van der Waals surface area contributed by atoms with Crippen molar-refractivity contribution >= 4 is 17.5 Å². The van der Waals surface area contributed by atoms with Crippen molar-refractivity contribution < 1.29 is 9.59 Å². The third-order valence-corrected chi connectivity index (χ3v) is 4.74. The van der Waals surface area contributed by atoms with Gasteiger partial charge in [0, 0.05) is 18.8 Å². The summed E-state index contributed by atoms with van der Waals surface area (Å²) in [5.74, 6) is -0.924. The van der Waals surface area contributed by atoms with Crippen LogP contribution in [0.1, 0.15) is 36.5 Å². The average Bonchev–Trinajstić information content (AvgIpc) is 2.74. The Morgan fingerprint density at radius 3 is 1.76 bits per heavy atom. The first-order valence-corrected chi connectivity index (χ1v) is 9.81. The highest BCUT2D eigenvalue weighted by molar-refractivity contribution is 6.39. The van der Waals surface area contributed by atoms with E-state index in [0.717, 1.165) is 16.7 Å². The van der Waals surface area contributed by atoms with Gasteiger partial charge in [0.05, 0.1) is 0 Å². The van der Waals surface area contributed by atoms with E-state index in [-0.39, 0.29) is 5.92 Å². The lowest BCUT2D eigenvalue weighted by atomic mass is 10.0.